The molecule has 2 aromatic carbocycles. The van der Waals surface area contributed by atoms with Crippen molar-refractivity contribution >= 4 is 17.8 Å². The number of carboxylic acids is 1. The summed E-state index contributed by atoms with van der Waals surface area (Å²) in [7, 11) is 0. The summed E-state index contributed by atoms with van der Waals surface area (Å²) in [4.78, 5) is 33.5. The van der Waals surface area contributed by atoms with Crippen LogP contribution in [0.15, 0.2) is 47.6 Å². The molecule has 14 heteroatoms. The molecule has 2 heterocycles. The summed E-state index contributed by atoms with van der Waals surface area (Å²) in [5.74, 6) is -2.28. The van der Waals surface area contributed by atoms with Gasteiger partial charge in [0, 0.05) is 38.9 Å². The molecule has 2 aliphatic heterocycles. The van der Waals surface area contributed by atoms with Gasteiger partial charge in [-0.05, 0) is 59.8 Å². The maximum Gasteiger partial charge on any atom is 0.573 e. The highest BCUT2D eigenvalue weighted by Crippen LogP contribution is 2.52. The van der Waals surface area contributed by atoms with Gasteiger partial charge in [-0.1, -0.05) is 47.6 Å². The van der Waals surface area contributed by atoms with Gasteiger partial charge in [0.1, 0.15) is 11.4 Å². The number of piperidine rings is 1. The highest BCUT2D eigenvalue weighted by Gasteiger charge is 2.43. The van der Waals surface area contributed by atoms with E-state index in [0.29, 0.717) is 0 Å². The minimum atomic E-state index is -5.08. The molecule has 0 unspecified atom stereocenters. The summed E-state index contributed by atoms with van der Waals surface area (Å²) in [6, 6.07) is 14.1. The van der Waals surface area contributed by atoms with Gasteiger partial charge in [-0.3, -0.25) is 4.90 Å². The number of ether oxygens (including phenoxy) is 1. The fourth-order valence-corrected chi connectivity index (χ4v) is 5.41. The normalized spacial score (nSPS) is 19.4. The lowest BCUT2D eigenvalue weighted by molar-refractivity contribution is -0.275. The SMILES string of the molecule is FC(F)(F)Oc1c(C2CC2)cc(CN2CCC3(CC2)CC(c2ccccc2)=NO3)cc1C1CC1.O=C(O)C(F)(F)F.O=C=O. The van der Waals surface area contributed by atoms with Gasteiger partial charge in [-0.2, -0.15) is 22.8 Å². The lowest BCUT2D eigenvalue weighted by atomic mass is 9.85. The molecule has 6 rings (SSSR count). The van der Waals surface area contributed by atoms with Crippen molar-refractivity contribution in [3.05, 3.63) is 64.7 Å². The topological polar surface area (TPSA) is 106 Å². The van der Waals surface area contributed by atoms with Crippen molar-refractivity contribution in [2.75, 3.05) is 13.1 Å². The predicted octanol–water partition coefficient (Wildman–Crippen LogP) is 6.55. The number of likely N-dealkylation sites (tertiary alicyclic amines) is 1. The molecule has 8 nitrogen and oxygen atoms in total. The summed E-state index contributed by atoms with van der Waals surface area (Å²) in [6.07, 6.45) is -3.11. The molecule has 238 valence electrons. The van der Waals surface area contributed by atoms with E-state index in [1.807, 2.05) is 30.3 Å². The molecular weight excluding hydrogens is 598 g/mol. The van der Waals surface area contributed by atoms with Crippen LogP contribution >= 0.6 is 0 Å². The third-order valence-corrected chi connectivity index (χ3v) is 7.82. The van der Waals surface area contributed by atoms with Crippen LogP contribution in [0.5, 0.6) is 5.75 Å². The number of hydrogen-bond donors (Lipinski definition) is 1. The van der Waals surface area contributed by atoms with Crippen molar-refractivity contribution in [1.82, 2.24) is 4.90 Å². The van der Waals surface area contributed by atoms with E-state index in [9.17, 15) is 26.3 Å². The number of carbonyl (C=O) groups is 1. The van der Waals surface area contributed by atoms with Crippen molar-refractivity contribution in [1.29, 1.82) is 0 Å². The van der Waals surface area contributed by atoms with Crippen molar-refractivity contribution in [2.24, 2.45) is 5.16 Å². The summed E-state index contributed by atoms with van der Waals surface area (Å²) in [5, 5.41) is 11.5. The first-order chi connectivity index (χ1) is 20.7. The molecule has 0 atom stereocenters. The van der Waals surface area contributed by atoms with E-state index < -0.39 is 18.5 Å². The molecular formula is C30H30F6N2O6. The van der Waals surface area contributed by atoms with Crippen molar-refractivity contribution in [2.45, 2.75) is 81.5 Å². The number of aliphatic carboxylic acids is 1. The largest absolute Gasteiger partial charge is 0.573 e. The second-order valence-corrected chi connectivity index (χ2v) is 11.2. The van der Waals surface area contributed by atoms with Gasteiger partial charge in [0.05, 0.1) is 5.71 Å². The Morgan fingerprint density at radius 2 is 1.48 bits per heavy atom. The van der Waals surface area contributed by atoms with Crippen molar-refractivity contribution in [3.8, 4) is 5.75 Å². The number of alkyl halides is 6. The van der Waals surface area contributed by atoms with Crippen LogP contribution in [-0.4, -0.2) is 59.1 Å². The molecule has 0 amide bonds. The van der Waals surface area contributed by atoms with Crippen molar-refractivity contribution < 1.29 is 55.4 Å². The Kier molecular flexibility index (Phi) is 10.0. The average Bonchev–Trinajstić information content (AvgIpc) is 3.89. The van der Waals surface area contributed by atoms with Gasteiger partial charge in [0.25, 0.3) is 0 Å². The number of hydrogen-bond acceptors (Lipinski definition) is 7. The Balaban J connectivity index is 0.000000386. The van der Waals surface area contributed by atoms with E-state index in [0.717, 1.165) is 92.5 Å². The fourth-order valence-electron chi connectivity index (χ4n) is 5.41. The van der Waals surface area contributed by atoms with Crippen LogP contribution in [0.25, 0.3) is 0 Å². The maximum absolute atomic E-state index is 13.2. The second-order valence-electron chi connectivity index (χ2n) is 11.2. The van der Waals surface area contributed by atoms with Crippen molar-refractivity contribution in [3.63, 3.8) is 0 Å². The molecule has 1 N–H and O–H groups in total. The van der Waals surface area contributed by atoms with Gasteiger partial charge in [0.15, 0.2) is 0 Å². The number of carbonyl (C=O) groups excluding carboxylic acids is 2. The highest BCUT2D eigenvalue weighted by molar-refractivity contribution is 6.01. The second kappa shape index (κ2) is 13.4. The van der Waals surface area contributed by atoms with Crippen LogP contribution in [0.1, 0.15) is 79.0 Å². The standard InChI is InChI=1S/C27H29F3N2O2.C2HF3O2.CO2/c28-27(29,30)33-25-22(19-6-7-19)14-18(15-23(25)20-8-9-20)17-32-12-10-26(11-13-32)16-24(31-34-26)21-4-2-1-3-5-21;3-2(4,5)1(6)7;2-1-3/h1-5,14-15,19-20H,6-13,16-17H2;(H,6,7);. The summed E-state index contributed by atoms with van der Waals surface area (Å²) in [6.45, 7) is 2.51. The molecule has 2 aliphatic carbocycles. The van der Waals surface area contributed by atoms with E-state index in [2.05, 4.69) is 26.9 Å². The van der Waals surface area contributed by atoms with E-state index in [-0.39, 0.29) is 29.3 Å². The van der Waals surface area contributed by atoms with E-state index in [4.69, 9.17) is 24.3 Å². The predicted molar refractivity (Wildman–Crippen MR) is 142 cm³/mol. The molecule has 1 spiro atoms. The molecule has 4 aliphatic rings. The third-order valence-electron chi connectivity index (χ3n) is 7.82. The number of oxime groups is 1. The van der Waals surface area contributed by atoms with Gasteiger partial charge < -0.3 is 14.7 Å². The average molecular weight is 629 g/mol. The zero-order chi connectivity index (χ0) is 32.1. The number of benzene rings is 2. The van der Waals surface area contributed by atoms with Crippen LogP contribution in [0, 0.1) is 0 Å². The first-order valence-electron chi connectivity index (χ1n) is 14.0. The zero-order valence-corrected chi connectivity index (χ0v) is 23.4. The number of rotatable bonds is 6. The van der Waals surface area contributed by atoms with Gasteiger partial charge in [-0.15, -0.1) is 13.2 Å². The van der Waals surface area contributed by atoms with Crippen LogP contribution in [0.4, 0.5) is 26.3 Å². The summed E-state index contributed by atoms with van der Waals surface area (Å²) < 4.78 is 75.8. The highest BCUT2D eigenvalue weighted by atomic mass is 19.4. The van der Waals surface area contributed by atoms with Crippen LogP contribution in [0.3, 0.4) is 0 Å². The minimum Gasteiger partial charge on any atom is -0.475 e. The van der Waals surface area contributed by atoms with Crippen LogP contribution in [-0.2, 0) is 25.8 Å². The van der Waals surface area contributed by atoms with E-state index in [1.54, 1.807) is 0 Å². The third kappa shape index (κ3) is 9.06. The van der Waals surface area contributed by atoms with E-state index >= 15 is 0 Å². The molecule has 2 aromatic rings. The quantitative estimate of drug-likeness (QED) is 0.362. The fraction of sp³-hybridized carbons (Fsp3) is 0.500. The monoisotopic (exact) mass is 628 g/mol. The number of nitrogens with zero attached hydrogens (tertiary/aromatic N) is 2. The molecule has 2 saturated carbocycles. The molecule has 44 heavy (non-hydrogen) atoms. The molecule has 1 saturated heterocycles. The number of carboxylic acid groups (broad SMARTS) is 1. The Morgan fingerprint density at radius 3 is 1.91 bits per heavy atom. The first-order valence-corrected chi connectivity index (χ1v) is 14.0. The Bertz CT molecular complexity index is 1340. The minimum absolute atomic E-state index is 0.0868. The van der Waals surface area contributed by atoms with Gasteiger partial charge in [-0.25, -0.2) is 4.79 Å². The molecule has 0 aromatic heterocycles. The molecule has 0 bridgehead atoms. The molecule has 0 radical (unpaired) electrons. The Morgan fingerprint density at radius 1 is 0.977 bits per heavy atom. The summed E-state index contributed by atoms with van der Waals surface area (Å²) >= 11 is 0. The van der Waals surface area contributed by atoms with Crippen LogP contribution < -0.4 is 4.74 Å². The smallest absolute Gasteiger partial charge is 0.475 e. The Hall–Kier alpha value is -3.90. The lowest BCUT2D eigenvalue weighted by Gasteiger charge is -2.37. The first kappa shape index (κ1) is 33.0. The van der Waals surface area contributed by atoms with Gasteiger partial charge >= 0.3 is 24.7 Å². The molecule has 3 fully saturated rings. The number of halogens is 6. The lowest BCUT2D eigenvalue weighted by Crippen LogP contribution is -2.44. The maximum atomic E-state index is 13.2. The Labute approximate surface area is 248 Å². The van der Waals surface area contributed by atoms with Gasteiger partial charge in [0.2, 0.25) is 0 Å². The summed E-state index contributed by atoms with van der Waals surface area (Å²) in [5.41, 5.74) is 4.50. The van der Waals surface area contributed by atoms with Crippen LogP contribution in [0.2, 0.25) is 0 Å². The zero-order valence-electron chi connectivity index (χ0n) is 23.4. The van der Waals surface area contributed by atoms with E-state index in [1.165, 1.54) is 0 Å².